The lowest BCUT2D eigenvalue weighted by atomic mass is 10.1. The van der Waals surface area contributed by atoms with Crippen molar-refractivity contribution in [2.24, 2.45) is 0 Å². The van der Waals surface area contributed by atoms with Crippen LogP contribution in [0.2, 0.25) is 0 Å². The molecule has 0 aliphatic rings. The molecule has 0 bridgehead atoms. The summed E-state index contributed by atoms with van der Waals surface area (Å²) in [6.45, 7) is 3.06. The van der Waals surface area contributed by atoms with Crippen LogP contribution in [0.3, 0.4) is 0 Å². The molecule has 0 fully saturated rings. The number of aromatic nitrogens is 3. The number of benzene rings is 1. The second kappa shape index (κ2) is 5.96. The molecule has 17 heavy (non-hydrogen) atoms. The van der Waals surface area contributed by atoms with Gasteiger partial charge in [0, 0.05) is 13.0 Å². The average Bonchev–Trinajstić information content (AvgIpc) is 2.79. The highest BCUT2D eigenvalue weighted by Crippen LogP contribution is 2.09. The Labute approximate surface area is 110 Å². The van der Waals surface area contributed by atoms with Crippen molar-refractivity contribution in [1.82, 2.24) is 14.8 Å². The highest BCUT2D eigenvalue weighted by atomic mass is 79.9. The Morgan fingerprint density at radius 2 is 1.76 bits per heavy atom. The van der Waals surface area contributed by atoms with E-state index < -0.39 is 0 Å². The van der Waals surface area contributed by atoms with Gasteiger partial charge < -0.3 is 4.57 Å². The molecule has 3 nitrogen and oxygen atoms in total. The van der Waals surface area contributed by atoms with Crippen molar-refractivity contribution in [3.05, 3.63) is 47.5 Å². The zero-order valence-electron chi connectivity index (χ0n) is 9.93. The van der Waals surface area contributed by atoms with Gasteiger partial charge in [-0.3, -0.25) is 0 Å². The standard InChI is InChI=1S/C13H16BrN3/c1-2-17-12(15-16-13(17)10-14)9-8-11-6-4-3-5-7-11/h3-7H,2,8-10H2,1H3. The molecule has 4 heteroatoms. The molecule has 2 aromatic rings. The smallest absolute Gasteiger partial charge is 0.143 e. The molecular weight excluding hydrogens is 278 g/mol. The maximum atomic E-state index is 4.26. The monoisotopic (exact) mass is 293 g/mol. The van der Waals surface area contributed by atoms with Crippen molar-refractivity contribution in [3.63, 3.8) is 0 Å². The minimum Gasteiger partial charge on any atom is -0.315 e. The lowest BCUT2D eigenvalue weighted by Gasteiger charge is -2.05. The summed E-state index contributed by atoms with van der Waals surface area (Å²) in [5.74, 6) is 2.08. The van der Waals surface area contributed by atoms with E-state index in [0.717, 1.165) is 36.4 Å². The summed E-state index contributed by atoms with van der Waals surface area (Å²) in [4.78, 5) is 0. The molecule has 1 heterocycles. The minimum atomic E-state index is 0.763. The average molecular weight is 294 g/mol. The topological polar surface area (TPSA) is 30.7 Å². The second-order valence-corrected chi connectivity index (χ2v) is 4.46. The van der Waals surface area contributed by atoms with Gasteiger partial charge in [0.1, 0.15) is 11.6 Å². The Morgan fingerprint density at radius 1 is 1.06 bits per heavy atom. The number of aryl methyl sites for hydroxylation is 2. The molecule has 0 saturated carbocycles. The molecule has 0 aliphatic heterocycles. The molecule has 0 N–H and O–H groups in total. The highest BCUT2D eigenvalue weighted by Gasteiger charge is 2.09. The Hall–Kier alpha value is -1.16. The lowest BCUT2D eigenvalue weighted by molar-refractivity contribution is 0.670. The zero-order valence-corrected chi connectivity index (χ0v) is 11.5. The Bertz CT molecular complexity index is 465. The Morgan fingerprint density at radius 3 is 2.41 bits per heavy atom. The van der Waals surface area contributed by atoms with Crippen LogP contribution in [-0.2, 0) is 24.7 Å². The Kier molecular flexibility index (Phi) is 4.31. The maximum Gasteiger partial charge on any atom is 0.143 e. The van der Waals surface area contributed by atoms with Gasteiger partial charge >= 0.3 is 0 Å². The van der Waals surface area contributed by atoms with Crippen LogP contribution in [0.15, 0.2) is 30.3 Å². The number of rotatable bonds is 5. The molecule has 2 rings (SSSR count). The summed E-state index contributed by atoms with van der Waals surface area (Å²) in [6.07, 6.45) is 1.96. The van der Waals surface area contributed by atoms with Crippen molar-refractivity contribution in [3.8, 4) is 0 Å². The third-order valence-corrected chi connectivity index (χ3v) is 3.32. The van der Waals surface area contributed by atoms with Crippen molar-refractivity contribution >= 4 is 15.9 Å². The van der Waals surface area contributed by atoms with Crippen LogP contribution in [-0.4, -0.2) is 14.8 Å². The molecule has 1 aromatic carbocycles. The van der Waals surface area contributed by atoms with Crippen LogP contribution < -0.4 is 0 Å². The first-order valence-electron chi connectivity index (χ1n) is 5.86. The van der Waals surface area contributed by atoms with Crippen LogP contribution in [0.1, 0.15) is 24.1 Å². The van der Waals surface area contributed by atoms with Gasteiger partial charge in [0.2, 0.25) is 0 Å². The van der Waals surface area contributed by atoms with Crippen LogP contribution in [0.25, 0.3) is 0 Å². The van der Waals surface area contributed by atoms with Crippen LogP contribution in [0.4, 0.5) is 0 Å². The molecule has 0 spiro atoms. The molecule has 90 valence electrons. The predicted octanol–water partition coefficient (Wildman–Crippen LogP) is 2.98. The number of hydrogen-bond donors (Lipinski definition) is 0. The fourth-order valence-corrected chi connectivity index (χ4v) is 2.34. The number of nitrogens with zero attached hydrogens (tertiary/aromatic N) is 3. The summed E-state index contributed by atoms with van der Waals surface area (Å²) in [6, 6.07) is 10.5. The second-order valence-electron chi connectivity index (χ2n) is 3.90. The molecule has 0 radical (unpaired) electrons. The quantitative estimate of drug-likeness (QED) is 0.794. The van der Waals surface area contributed by atoms with Gasteiger partial charge in [-0.15, -0.1) is 10.2 Å². The van der Waals surface area contributed by atoms with E-state index in [0.29, 0.717) is 0 Å². The van der Waals surface area contributed by atoms with Crippen LogP contribution in [0, 0.1) is 0 Å². The minimum absolute atomic E-state index is 0.763. The normalized spacial score (nSPS) is 10.7. The van der Waals surface area contributed by atoms with Gasteiger partial charge in [-0.2, -0.15) is 0 Å². The first kappa shape index (κ1) is 12.3. The fraction of sp³-hybridized carbons (Fsp3) is 0.385. The first-order valence-corrected chi connectivity index (χ1v) is 6.98. The van der Waals surface area contributed by atoms with Gasteiger partial charge in [-0.05, 0) is 18.9 Å². The van der Waals surface area contributed by atoms with Crippen LogP contribution in [0.5, 0.6) is 0 Å². The molecule has 1 aromatic heterocycles. The lowest BCUT2D eigenvalue weighted by Crippen LogP contribution is -2.06. The summed E-state index contributed by atoms with van der Waals surface area (Å²) >= 11 is 3.44. The molecule has 0 aliphatic carbocycles. The summed E-state index contributed by atoms with van der Waals surface area (Å²) in [7, 11) is 0. The van der Waals surface area contributed by atoms with E-state index in [1.807, 2.05) is 6.07 Å². The highest BCUT2D eigenvalue weighted by molar-refractivity contribution is 9.08. The van der Waals surface area contributed by atoms with Gasteiger partial charge in [-0.25, -0.2) is 0 Å². The number of halogens is 1. The molecule has 0 amide bonds. The SMILES string of the molecule is CCn1c(CBr)nnc1CCc1ccccc1. The van der Waals surface area contributed by atoms with Crippen molar-refractivity contribution in [1.29, 1.82) is 0 Å². The fourth-order valence-electron chi connectivity index (χ4n) is 1.92. The van der Waals surface area contributed by atoms with E-state index in [-0.39, 0.29) is 0 Å². The van der Waals surface area contributed by atoms with E-state index in [2.05, 4.69) is 61.9 Å². The number of hydrogen-bond acceptors (Lipinski definition) is 2. The summed E-state index contributed by atoms with van der Waals surface area (Å²) < 4.78 is 2.18. The van der Waals surface area contributed by atoms with E-state index in [1.54, 1.807) is 0 Å². The molecular formula is C13H16BrN3. The van der Waals surface area contributed by atoms with Gasteiger partial charge in [-0.1, -0.05) is 46.3 Å². The van der Waals surface area contributed by atoms with Crippen molar-refractivity contribution in [2.75, 3.05) is 0 Å². The molecule has 0 atom stereocenters. The van der Waals surface area contributed by atoms with Crippen molar-refractivity contribution < 1.29 is 0 Å². The van der Waals surface area contributed by atoms with E-state index in [4.69, 9.17) is 0 Å². The summed E-state index contributed by atoms with van der Waals surface area (Å²) in [5.41, 5.74) is 1.35. The van der Waals surface area contributed by atoms with Gasteiger partial charge in [0.15, 0.2) is 0 Å². The predicted molar refractivity (Wildman–Crippen MR) is 72.2 cm³/mol. The summed E-state index contributed by atoms with van der Waals surface area (Å²) in [5, 5.41) is 9.20. The van der Waals surface area contributed by atoms with E-state index >= 15 is 0 Å². The maximum absolute atomic E-state index is 4.26. The third kappa shape index (κ3) is 2.94. The van der Waals surface area contributed by atoms with Crippen molar-refractivity contribution in [2.45, 2.75) is 31.6 Å². The number of alkyl halides is 1. The Balaban J connectivity index is 2.06. The van der Waals surface area contributed by atoms with Gasteiger partial charge in [0.05, 0.1) is 5.33 Å². The molecule has 0 unspecified atom stereocenters. The van der Waals surface area contributed by atoms with E-state index in [9.17, 15) is 0 Å². The molecule has 0 saturated heterocycles. The van der Waals surface area contributed by atoms with E-state index in [1.165, 1.54) is 5.56 Å². The van der Waals surface area contributed by atoms with Gasteiger partial charge in [0.25, 0.3) is 0 Å². The third-order valence-electron chi connectivity index (χ3n) is 2.82. The first-order chi connectivity index (χ1) is 8.35. The largest absolute Gasteiger partial charge is 0.315 e. The van der Waals surface area contributed by atoms with Crippen LogP contribution >= 0.6 is 15.9 Å². The zero-order chi connectivity index (χ0) is 12.1.